The minimum Gasteiger partial charge on any atom is -0.490 e. The van der Waals surface area contributed by atoms with Crippen LogP contribution in [-0.4, -0.2) is 56.1 Å². The predicted molar refractivity (Wildman–Crippen MR) is 81.7 cm³/mol. The van der Waals surface area contributed by atoms with Crippen LogP contribution in [0.4, 0.5) is 0 Å². The number of carbonyl (C=O) groups excluding carboxylic acids is 1. The number of hydrogen-bond acceptors (Lipinski definition) is 5. The van der Waals surface area contributed by atoms with Gasteiger partial charge in [-0.3, -0.25) is 4.79 Å². The van der Waals surface area contributed by atoms with E-state index < -0.39 is 5.97 Å². The molecule has 1 amide bonds. The molecule has 0 radical (unpaired) electrons. The highest BCUT2D eigenvalue weighted by atomic mass is 16.5. The van der Waals surface area contributed by atoms with Crippen LogP contribution in [0.2, 0.25) is 0 Å². The summed E-state index contributed by atoms with van der Waals surface area (Å²) in [5.74, 6) is -0.531. The number of carbonyl (C=O) groups is 2. The van der Waals surface area contributed by atoms with Gasteiger partial charge in [0.15, 0.2) is 0 Å². The van der Waals surface area contributed by atoms with Crippen molar-refractivity contribution in [2.24, 2.45) is 0 Å². The van der Waals surface area contributed by atoms with Crippen molar-refractivity contribution in [2.75, 3.05) is 33.0 Å². The number of nitrogens with one attached hydrogen (secondary N) is 1. The smallest absolute Gasteiger partial charge is 0.329 e. The second-order valence-corrected chi connectivity index (χ2v) is 5.16. The summed E-state index contributed by atoms with van der Waals surface area (Å²) in [6.07, 6.45) is 1.91. The van der Waals surface area contributed by atoms with E-state index in [9.17, 15) is 9.59 Å². The molecule has 0 bridgehead atoms. The summed E-state index contributed by atoms with van der Waals surface area (Å²) in [6.45, 7) is 1.48. The van der Waals surface area contributed by atoms with Crippen LogP contribution in [0.25, 0.3) is 0 Å². The average molecular weight is 323 g/mol. The van der Waals surface area contributed by atoms with Crippen LogP contribution in [0, 0.1) is 0 Å². The molecule has 0 saturated carbocycles. The standard InChI is InChI=1S/C16H21NO6/c18-15(19)11-22-10-7-17-16(20)12-1-3-13(4-2-12)23-14-5-8-21-9-6-14/h1-4,14H,5-11H2,(H,17,20)(H,18,19). The van der Waals surface area contributed by atoms with Crippen molar-refractivity contribution in [1.82, 2.24) is 5.32 Å². The van der Waals surface area contributed by atoms with Crippen molar-refractivity contribution in [3.8, 4) is 5.75 Å². The second kappa shape index (κ2) is 9.12. The highest BCUT2D eigenvalue weighted by Gasteiger charge is 2.15. The molecule has 1 heterocycles. The van der Waals surface area contributed by atoms with Gasteiger partial charge in [-0.05, 0) is 24.3 Å². The average Bonchev–Trinajstić information content (AvgIpc) is 2.56. The Balaban J connectivity index is 1.72. The molecular formula is C16H21NO6. The summed E-state index contributed by atoms with van der Waals surface area (Å²) in [7, 11) is 0. The molecule has 1 aliphatic heterocycles. The molecule has 1 fully saturated rings. The Bertz CT molecular complexity index is 510. The normalized spacial score (nSPS) is 15.1. The summed E-state index contributed by atoms with van der Waals surface area (Å²) in [6, 6.07) is 6.93. The molecule has 0 aliphatic carbocycles. The van der Waals surface area contributed by atoms with Gasteiger partial charge in [0, 0.05) is 24.9 Å². The van der Waals surface area contributed by atoms with Gasteiger partial charge < -0.3 is 24.6 Å². The summed E-state index contributed by atoms with van der Waals surface area (Å²) in [5.41, 5.74) is 0.516. The number of amides is 1. The molecule has 0 unspecified atom stereocenters. The molecule has 0 spiro atoms. The van der Waals surface area contributed by atoms with Gasteiger partial charge >= 0.3 is 5.97 Å². The summed E-state index contributed by atoms with van der Waals surface area (Å²) >= 11 is 0. The Morgan fingerprint density at radius 1 is 1.22 bits per heavy atom. The third kappa shape index (κ3) is 6.25. The van der Waals surface area contributed by atoms with Gasteiger partial charge in [0.05, 0.1) is 19.8 Å². The van der Waals surface area contributed by atoms with E-state index in [0.29, 0.717) is 5.56 Å². The Labute approximate surface area is 134 Å². The maximum Gasteiger partial charge on any atom is 0.329 e. The molecular weight excluding hydrogens is 302 g/mol. The van der Waals surface area contributed by atoms with Crippen LogP contribution in [0.15, 0.2) is 24.3 Å². The minimum atomic E-state index is -1.03. The van der Waals surface area contributed by atoms with Gasteiger partial charge in [0.2, 0.25) is 0 Å². The van der Waals surface area contributed by atoms with Gasteiger partial charge in [-0.2, -0.15) is 0 Å². The number of ether oxygens (including phenoxy) is 3. The van der Waals surface area contributed by atoms with Crippen LogP contribution in [0.1, 0.15) is 23.2 Å². The molecule has 126 valence electrons. The van der Waals surface area contributed by atoms with Crippen LogP contribution in [0.3, 0.4) is 0 Å². The minimum absolute atomic E-state index is 0.156. The lowest BCUT2D eigenvalue weighted by Crippen LogP contribution is -2.28. The summed E-state index contributed by atoms with van der Waals surface area (Å²) in [5, 5.41) is 11.1. The molecule has 23 heavy (non-hydrogen) atoms. The van der Waals surface area contributed by atoms with E-state index >= 15 is 0 Å². The molecule has 2 N–H and O–H groups in total. The third-order valence-electron chi connectivity index (χ3n) is 3.35. The maximum atomic E-state index is 11.9. The van der Waals surface area contributed by atoms with E-state index in [1.165, 1.54) is 0 Å². The maximum absolute atomic E-state index is 11.9. The first-order valence-corrected chi connectivity index (χ1v) is 7.57. The van der Waals surface area contributed by atoms with Gasteiger partial charge in [0.1, 0.15) is 18.5 Å². The first kappa shape index (κ1) is 17.2. The lowest BCUT2D eigenvalue weighted by Gasteiger charge is -2.23. The summed E-state index contributed by atoms with van der Waals surface area (Å²) in [4.78, 5) is 22.2. The second-order valence-electron chi connectivity index (χ2n) is 5.16. The number of carboxylic acids is 1. The lowest BCUT2D eigenvalue weighted by atomic mass is 10.1. The molecule has 1 saturated heterocycles. The predicted octanol–water partition coefficient (Wildman–Crippen LogP) is 1.08. The van der Waals surface area contributed by atoms with Crippen molar-refractivity contribution >= 4 is 11.9 Å². The van der Waals surface area contributed by atoms with Crippen molar-refractivity contribution < 1.29 is 28.9 Å². The van der Waals surface area contributed by atoms with Gasteiger partial charge in [-0.1, -0.05) is 0 Å². The van der Waals surface area contributed by atoms with Crippen molar-refractivity contribution in [1.29, 1.82) is 0 Å². The largest absolute Gasteiger partial charge is 0.490 e. The molecule has 7 heteroatoms. The zero-order valence-electron chi connectivity index (χ0n) is 12.8. The molecule has 0 aromatic heterocycles. The highest BCUT2D eigenvalue weighted by Crippen LogP contribution is 2.18. The zero-order valence-corrected chi connectivity index (χ0v) is 12.8. The Morgan fingerprint density at radius 2 is 1.91 bits per heavy atom. The number of hydrogen-bond donors (Lipinski definition) is 2. The Morgan fingerprint density at radius 3 is 2.57 bits per heavy atom. The number of carboxylic acid groups (broad SMARTS) is 1. The molecule has 1 aromatic carbocycles. The van der Waals surface area contributed by atoms with E-state index in [1.54, 1.807) is 24.3 Å². The van der Waals surface area contributed by atoms with Crippen LogP contribution in [0.5, 0.6) is 5.75 Å². The van der Waals surface area contributed by atoms with Gasteiger partial charge in [-0.15, -0.1) is 0 Å². The fourth-order valence-electron chi connectivity index (χ4n) is 2.17. The van der Waals surface area contributed by atoms with E-state index in [1.807, 2.05) is 0 Å². The third-order valence-corrected chi connectivity index (χ3v) is 3.35. The van der Waals surface area contributed by atoms with Crippen LogP contribution >= 0.6 is 0 Å². The number of benzene rings is 1. The van der Waals surface area contributed by atoms with Crippen molar-refractivity contribution in [2.45, 2.75) is 18.9 Å². The Kier molecular flexibility index (Phi) is 6.83. The number of rotatable bonds is 8. The topological polar surface area (TPSA) is 94.1 Å². The van der Waals surface area contributed by atoms with E-state index in [4.69, 9.17) is 19.3 Å². The van der Waals surface area contributed by atoms with Crippen LogP contribution < -0.4 is 10.1 Å². The monoisotopic (exact) mass is 323 g/mol. The molecule has 0 atom stereocenters. The van der Waals surface area contributed by atoms with Crippen molar-refractivity contribution in [3.63, 3.8) is 0 Å². The quantitative estimate of drug-likeness (QED) is 0.695. The molecule has 2 rings (SSSR count). The molecule has 1 aromatic rings. The number of aliphatic carboxylic acids is 1. The fourth-order valence-corrected chi connectivity index (χ4v) is 2.17. The fraction of sp³-hybridized carbons (Fsp3) is 0.500. The van der Waals surface area contributed by atoms with Crippen LogP contribution in [-0.2, 0) is 14.3 Å². The SMILES string of the molecule is O=C(O)COCCNC(=O)c1ccc(OC2CCOCC2)cc1. The molecule has 1 aliphatic rings. The van der Waals surface area contributed by atoms with Gasteiger partial charge in [-0.25, -0.2) is 4.79 Å². The zero-order chi connectivity index (χ0) is 16.5. The highest BCUT2D eigenvalue weighted by molar-refractivity contribution is 5.94. The first-order chi connectivity index (χ1) is 11.1. The molecule has 7 nitrogen and oxygen atoms in total. The van der Waals surface area contributed by atoms with Gasteiger partial charge in [0.25, 0.3) is 5.91 Å². The van der Waals surface area contributed by atoms with E-state index in [0.717, 1.165) is 31.8 Å². The summed E-state index contributed by atoms with van der Waals surface area (Å²) < 4.78 is 16.0. The van der Waals surface area contributed by atoms with Crippen molar-refractivity contribution in [3.05, 3.63) is 29.8 Å². The first-order valence-electron chi connectivity index (χ1n) is 7.57. The van der Waals surface area contributed by atoms with E-state index in [-0.39, 0.29) is 31.8 Å². The van der Waals surface area contributed by atoms with E-state index in [2.05, 4.69) is 5.32 Å². The lowest BCUT2D eigenvalue weighted by molar-refractivity contribution is -0.142. The Hall–Kier alpha value is -2.12.